The quantitative estimate of drug-likeness (QED) is 0.444. The zero-order valence-corrected chi connectivity index (χ0v) is 15.5. The second-order valence-corrected chi connectivity index (χ2v) is 6.05. The molecule has 0 aliphatic heterocycles. The van der Waals surface area contributed by atoms with E-state index in [2.05, 4.69) is 15.8 Å². The lowest BCUT2D eigenvalue weighted by Crippen LogP contribution is -2.32. The van der Waals surface area contributed by atoms with Gasteiger partial charge in [-0.05, 0) is 48.4 Å². The minimum Gasteiger partial charge on any atom is -0.492 e. The van der Waals surface area contributed by atoms with Crippen molar-refractivity contribution >= 4 is 46.9 Å². The molecule has 2 aromatic carbocycles. The van der Waals surface area contributed by atoms with Crippen molar-refractivity contribution < 1.29 is 14.3 Å². The van der Waals surface area contributed by atoms with Gasteiger partial charge in [0.05, 0.1) is 17.8 Å². The van der Waals surface area contributed by atoms with Crippen molar-refractivity contribution in [1.82, 2.24) is 5.43 Å². The monoisotopic (exact) mass is 393 g/mol. The third-order valence-corrected chi connectivity index (χ3v) is 3.62. The van der Waals surface area contributed by atoms with Crippen molar-refractivity contribution in [1.29, 1.82) is 0 Å². The van der Waals surface area contributed by atoms with E-state index in [9.17, 15) is 9.59 Å². The molecular formula is C18H17Cl2N3O3. The highest BCUT2D eigenvalue weighted by molar-refractivity contribution is 6.39. The van der Waals surface area contributed by atoms with Gasteiger partial charge in [0.2, 0.25) is 0 Å². The molecule has 8 heteroatoms. The predicted molar refractivity (Wildman–Crippen MR) is 103 cm³/mol. The Hall–Kier alpha value is -2.57. The molecule has 136 valence electrons. The van der Waals surface area contributed by atoms with Gasteiger partial charge in [0.15, 0.2) is 0 Å². The van der Waals surface area contributed by atoms with Crippen molar-refractivity contribution in [2.24, 2.45) is 5.10 Å². The molecule has 0 saturated heterocycles. The molecular weight excluding hydrogens is 377 g/mol. The molecule has 2 N–H and O–H groups in total. The number of rotatable bonds is 6. The van der Waals surface area contributed by atoms with E-state index < -0.39 is 11.8 Å². The molecule has 0 heterocycles. The summed E-state index contributed by atoms with van der Waals surface area (Å²) in [5.74, 6) is -1.18. The van der Waals surface area contributed by atoms with Crippen LogP contribution in [0.15, 0.2) is 47.6 Å². The zero-order valence-electron chi connectivity index (χ0n) is 14.0. The first-order chi connectivity index (χ1) is 12.5. The van der Waals surface area contributed by atoms with Crippen LogP contribution in [0.4, 0.5) is 5.69 Å². The van der Waals surface area contributed by atoms with Crippen LogP contribution in [0.25, 0.3) is 0 Å². The molecule has 0 unspecified atom stereocenters. The van der Waals surface area contributed by atoms with Gasteiger partial charge in [-0.2, -0.15) is 5.10 Å². The zero-order chi connectivity index (χ0) is 18.9. The summed E-state index contributed by atoms with van der Waals surface area (Å²) in [5, 5.41) is 7.05. The maximum absolute atomic E-state index is 11.8. The number of hydrazone groups is 1. The first kappa shape index (κ1) is 19.8. The normalized spacial score (nSPS) is 10.6. The Morgan fingerprint density at radius 2 is 1.96 bits per heavy atom. The highest BCUT2D eigenvalue weighted by atomic mass is 35.5. The van der Waals surface area contributed by atoms with Crippen LogP contribution in [0.2, 0.25) is 10.0 Å². The summed E-state index contributed by atoms with van der Waals surface area (Å²) in [6.07, 6.45) is 2.25. The number of nitrogens with zero attached hydrogens (tertiary/aromatic N) is 1. The van der Waals surface area contributed by atoms with Crippen molar-refractivity contribution in [3.63, 3.8) is 0 Å². The van der Waals surface area contributed by atoms with Gasteiger partial charge < -0.3 is 10.1 Å². The molecule has 26 heavy (non-hydrogen) atoms. The van der Waals surface area contributed by atoms with E-state index in [1.165, 1.54) is 12.3 Å². The van der Waals surface area contributed by atoms with Crippen LogP contribution in [0.3, 0.4) is 0 Å². The van der Waals surface area contributed by atoms with Gasteiger partial charge in [0, 0.05) is 10.7 Å². The molecule has 0 spiro atoms. The van der Waals surface area contributed by atoms with Gasteiger partial charge in [-0.1, -0.05) is 36.2 Å². The fraction of sp³-hybridized carbons (Fsp3) is 0.167. The van der Waals surface area contributed by atoms with Gasteiger partial charge in [-0.25, -0.2) is 5.43 Å². The first-order valence-corrected chi connectivity index (χ1v) is 8.57. The molecule has 2 aromatic rings. The molecule has 0 bridgehead atoms. The highest BCUT2D eigenvalue weighted by Gasteiger charge is 2.12. The maximum atomic E-state index is 11.8. The largest absolute Gasteiger partial charge is 0.492 e. The third kappa shape index (κ3) is 6.06. The third-order valence-electron chi connectivity index (χ3n) is 3.09. The number of halogens is 2. The number of ether oxygens (including phenoxy) is 1. The summed E-state index contributed by atoms with van der Waals surface area (Å²) in [5.41, 5.74) is 3.21. The Morgan fingerprint density at radius 1 is 1.15 bits per heavy atom. The number of carbonyl (C=O) groups is 2. The van der Waals surface area contributed by atoms with Crippen LogP contribution in [0.5, 0.6) is 5.75 Å². The molecule has 0 radical (unpaired) electrons. The molecule has 0 saturated carbocycles. The molecule has 2 rings (SSSR count). The van der Waals surface area contributed by atoms with Crippen LogP contribution in [-0.2, 0) is 9.59 Å². The van der Waals surface area contributed by atoms with Crippen LogP contribution in [0.1, 0.15) is 18.9 Å². The van der Waals surface area contributed by atoms with E-state index in [1.54, 1.807) is 36.4 Å². The van der Waals surface area contributed by atoms with E-state index in [0.29, 0.717) is 33.7 Å². The Bertz CT molecular complexity index is 825. The summed E-state index contributed by atoms with van der Waals surface area (Å²) >= 11 is 11.9. The van der Waals surface area contributed by atoms with Crippen molar-refractivity contribution in [3.8, 4) is 5.75 Å². The standard InChI is InChI=1S/C18H17Cl2N3O3/c1-2-8-26-16-7-6-12(9-15(16)20)11-21-23-18(25)17(24)22-14-5-3-4-13(19)10-14/h3-7,9-11H,2,8H2,1H3,(H,22,24)(H,23,25)/b21-11-. The van der Waals surface area contributed by atoms with Crippen molar-refractivity contribution in [3.05, 3.63) is 58.1 Å². The number of hydrogen-bond donors (Lipinski definition) is 2. The summed E-state index contributed by atoms with van der Waals surface area (Å²) in [6, 6.07) is 11.6. The van der Waals surface area contributed by atoms with Gasteiger partial charge in [-0.15, -0.1) is 0 Å². The van der Waals surface area contributed by atoms with Gasteiger partial charge in [0.25, 0.3) is 0 Å². The molecule has 0 aliphatic rings. The van der Waals surface area contributed by atoms with Gasteiger partial charge in [0.1, 0.15) is 5.75 Å². The molecule has 0 fully saturated rings. The summed E-state index contributed by atoms with van der Waals surface area (Å²) in [6.45, 7) is 2.57. The molecule has 0 aliphatic carbocycles. The maximum Gasteiger partial charge on any atom is 0.329 e. The van der Waals surface area contributed by atoms with Crippen LogP contribution in [0, 0.1) is 0 Å². The molecule has 6 nitrogen and oxygen atoms in total. The van der Waals surface area contributed by atoms with E-state index in [1.807, 2.05) is 6.92 Å². The lowest BCUT2D eigenvalue weighted by atomic mass is 10.2. The highest BCUT2D eigenvalue weighted by Crippen LogP contribution is 2.25. The summed E-state index contributed by atoms with van der Waals surface area (Å²) in [7, 11) is 0. The summed E-state index contributed by atoms with van der Waals surface area (Å²) in [4.78, 5) is 23.5. The SMILES string of the molecule is CCCOc1ccc(/C=N\NC(=O)C(=O)Nc2cccc(Cl)c2)cc1Cl. The lowest BCUT2D eigenvalue weighted by Gasteiger charge is -2.07. The van der Waals surface area contributed by atoms with E-state index in [-0.39, 0.29) is 0 Å². The Labute approximate surface area is 161 Å². The minimum absolute atomic E-state index is 0.413. The number of benzene rings is 2. The van der Waals surface area contributed by atoms with Crippen molar-refractivity contribution in [2.75, 3.05) is 11.9 Å². The van der Waals surface area contributed by atoms with E-state index in [4.69, 9.17) is 27.9 Å². The number of anilines is 1. The number of hydrogen-bond acceptors (Lipinski definition) is 4. The van der Waals surface area contributed by atoms with Crippen LogP contribution < -0.4 is 15.5 Å². The number of carbonyl (C=O) groups excluding carboxylic acids is 2. The van der Waals surface area contributed by atoms with Gasteiger partial charge >= 0.3 is 11.8 Å². The number of amides is 2. The Kier molecular flexibility index (Phi) is 7.44. The first-order valence-electron chi connectivity index (χ1n) is 7.82. The topological polar surface area (TPSA) is 79.8 Å². The van der Waals surface area contributed by atoms with Crippen LogP contribution in [-0.4, -0.2) is 24.6 Å². The average molecular weight is 394 g/mol. The smallest absolute Gasteiger partial charge is 0.329 e. The molecule has 0 atom stereocenters. The molecule has 0 aromatic heterocycles. The fourth-order valence-electron chi connectivity index (χ4n) is 1.90. The second-order valence-electron chi connectivity index (χ2n) is 5.20. The van der Waals surface area contributed by atoms with Gasteiger partial charge in [-0.3, -0.25) is 9.59 Å². The van der Waals surface area contributed by atoms with E-state index >= 15 is 0 Å². The number of nitrogens with one attached hydrogen (secondary N) is 2. The van der Waals surface area contributed by atoms with Crippen LogP contribution >= 0.6 is 23.2 Å². The lowest BCUT2D eigenvalue weighted by molar-refractivity contribution is -0.136. The predicted octanol–water partition coefficient (Wildman–Crippen LogP) is 3.87. The van der Waals surface area contributed by atoms with E-state index in [0.717, 1.165) is 6.42 Å². The summed E-state index contributed by atoms with van der Waals surface area (Å²) < 4.78 is 5.47. The van der Waals surface area contributed by atoms with Crippen molar-refractivity contribution in [2.45, 2.75) is 13.3 Å². The molecule has 2 amide bonds. The second kappa shape index (κ2) is 9.79. The average Bonchev–Trinajstić information content (AvgIpc) is 2.61. The Morgan fingerprint density at radius 3 is 2.65 bits per heavy atom. The Balaban J connectivity index is 1.89. The minimum atomic E-state index is -0.907. The fourth-order valence-corrected chi connectivity index (χ4v) is 2.33.